The van der Waals surface area contributed by atoms with E-state index in [0.717, 1.165) is 40.9 Å². The molecule has 3 rings (SSSR count). The van der Waals surface area contributed by atoms with Crippen molar-refractivity contribution in [3.8, 4) is 0 Å². The molecule has 2 heterocycles. The molecule has 0 bridgehead atoms. The van der Waals surface area contributed by atoms with Gasteiger partial charge in [-0.2, -0.15) is 13.2 Å². The van der Waals surface area contributed by atoms with E-state index in [2.05, 4.69) is 0 Å². The van der Waals surface area contributed by atoms with E-state index in [-0.39, 0.29) is 30.2 Å². The molecule has 2 saturated heterocycles. The van der Waals surface area contributed by atoms with Crippen LogP contribution < -0.4 is 0 Å². The Labute approximate surface area is 163 Å². The van der Waals surface area contributed by atoms with Crippen LogP contribution in [0.25, 0.3) is 0 Å². The van der Waals surface area contributed by atoms with Crippen LogP contribution in [-0.4, -0.2) is 58.0 Å². The number of thioether (sulfide) groups is 1. The molecule has 0 radical (unpaired) electrons. The van der Waals surface area contributed by atoms with Gasteiger partial charge < -0.3 is 4.90 Å². The Morgan fingerprint density at radius 1 is 1.14 bits per heavy atom. The Morgan fingerprint density at radius 3 is 2.39 bits per heavy atom. The van der Waals surface area contributed by atoms with Crippen molar-refractivity contribution >= 4 is 34.6 Å². The molecule has 1 atom stereocenters. The average molecular weight is 414 g/mol. The van der Waals surface area contributed by atoms with Crippen LogP contribution in [0.2, 0.25) is 0 Å². The SMILES string of the molecule is O=C(c1ccc(C(F)(F)F)cc1)[C@@H]1CCCN(C(=O)CN2C(=O)CSC2=O)C1. The number of rotatable bonds is 4. The van der Waals surface area contributed by atoms with Crippen LogP contribution in [0.4, 0.5) is 18.0 Å². The van der Waals surface area contributed by atoms with Crippen molar-refractivity contribution in [3.05, 3.63) is 35.4 Å². The number of hydrogen-bond acceptors (Lipinski definition) is 5. The number of piperidine rings is 1. The predicted octanol–water partition coefficient (Wildman–Crippen LogP) is 2.82. The summed E-state index contributed by atoms with van der Waals surface area (Å²) in [6.45, 7) is 0.160. The molecule has 0 unspecified atom stereocenters. The minimum atomic E-state index is -4.47. The van der Waals surface area contributed by atoms with E-state index in [1.54, 1.807) is 0 Å². The van der Waals surface area contributed by atoms with Gasteiger partial charge in [-0.15, -0.1) is 0 Å². The summed E-state index contributed by atoms with van der Waals surface area (Å²) in [5.41, 5.74) is -0.670. The highest BCUT2D eigenvalue weighted by molar-refractivity contribution is 8.14. The van der Waals surface area contributed by atoms with Crippen molar-refractivity contribution in [1.29, 1.82) is 0 Å². The molecule has 0 aliphatic carbocycles. The van der Waals surface area contributed by atoms with Crippen LogP contribution >= 0.6 is 11.8 Å². The predicted molar refractivity (Wildman–Crippen MR) is 94.6 cm³/mol. The summed E-state index contributed by atoms with van der Waals surface area (Å²) in [5.74, 6) is -1.68. The van der Waals surface area contributed by atoms with E-state index in [1.807, 2.05) is 0 Å². The van der Waals surface area contributed by atoms with Gasteiger partial charge in [-0.1, -0.05) is 23.9 Å². The molecule has 0 aromatic heterocycles. The summed E-state index contributed by atoms with van der Waals surface area (Å²) in [6, 6.07) is 4.01. The summed E-state index contributed by atoms with van der Waals surface area (Å²) in [7, 11) is 0. The van der Waals surface area contributed by atoms with Crippen LogP contribution in [0.5, 0.6) is 0 Å². The third kappa shape index (κ3) is 4.37. The van der Waals surface area contributed by atoms with E-state index in [1.165, 1.54) is 4.90 Å². The molecule has 6 nitrogen and oxygen atoms in total. The average Bonchev–Trinajstić information content (AvgIpc) is 2.99. The highest BCUT2D eigenvalue weighted by Gasteiger charge is 2.35. The van der Waals surface area contributed by atoms with Gasteiger partial charge in [0.2, 0.25) is 11.8 Å². The topological polar surface area (TPSA) is 74.8 Å². The summed E-state index contributed by atoms with van der Waals surface area (Å²) in [5, 5.41) is -0.465. The second-order valence-corrected chi connectivity index (χ2v) is 7.58. The van der Waals surface area contributed by atoms with Gasteiger partial charge >= 0.3 is 6.18 Å². The summed E-state index contributed by atoms with van der Waals surface area (Å²) in [6.07, 6.45) is -3.40. The van der Waals surface area contributed by atoms with Gasteiger partial charge in [0.1, 0.15) is 6.54 Å². The molecule has 2 aliphatic heterocycles. The summed E-state index contributed by atoms with van der Waals surface area (Å²) >= 11 is 0.840. The van der Waals surface area contributed by atoms with E-state index in [0.29, 0.717) is 19.4 Å². The van der Waals surface area contributed by atoms with E-state index in [4.69, 9.17) is 0 Å². The second-order valence-electron chi connectivity index (χ2n) is 6.65. The van der Waals surface area contributed by atoms with Gasteiger partial charge in [-0.05, 0) is 25.0 Å². The fourth-order valence-corrected chi connectivity index (χ4v) is 3.97. The molecule has 150 valence electrons. The number of nitrogens with zero attached hydrogens (tertiary/aromatic N) is 2. The first-order valence-corrected chi connectivity index (χ1v) is 9.61. The number of likely N-dealkylation sites (tertiary alicyclic amines) is 1. The monoisotopic (exact) mass is 414 g/mol. The Balaban J connectivity index is 1.64. The lowest BCUT2D eigenvalue weighted by molar-refractivity contribution is -0.137. The van der Waals surface area contributed by atoms with Crippen molar-refractivity contribution in [2.45, 2.75) is 19.0 Å². The largest absolute Gasteiger partial charge is 0.416 e. The number of halogens is 3. The molecule has 3 amide bonds. The number of carbonyl (C=O) groups excluding carboxylic acids is 4. The van der Waals surface area contributed by atoms with Gasteiger partial charge in [-0.3, -0.25) is 24.1 Å². The number of alkyl halides is 3. The van der Waals surface area contributed by atoms with Crippen molar-refractivity contribution in [2.24, 2.45) is 5.92 Å². The highest BCUT2D eigenvalue weighted by Crippen LogP contribution is 2.30. The highest BCUT2D eigenvalue weighted by atomic mass is 32.2. The molecule has 1 aromatic carbocycles. The standard InChI is InChI=1S/C18H17F3N2O4S/c19-18(20,21)13-5-3-11(4-6-13)16(26)12-2-1-7-22(8-12)14(24)9-23-15(25)10-28-17(23)27/h3-6,12H,1-2,7-10H2/t12-/m1/s1. The first kappa shape index (κ1) is 20.4. The summed E-state index contributed by atoms with van der Waals surface area (Å²) in [4.78, 5) is 50.7. The fraction of sp³-hybridized carbons (Fsp3) is 0.444. The van der Waals surface area contributed by atoms with Gasteiger partial charge in [0.25, 0.3) is 5.24 Å². The Kier molecular flexibility index (Phi) is 5.78. The minimum absolute atomic E-state index is 0.0150. The molecule has 1 aromatic rings. The van der Waals surface area contributed by atoms with Crippen molar-refractivity contribution in [1.82, 2.24) is 9.80 Å². The number of benzene rings is 1. The quantitative estimate of drug-likeness (QED) is 0.709. The van der Waals surface area contributed by atoms with E-state index >= 15 is 0 Å². The molecular weight excluding hydrogens is 397 g/mol. The molecule has 0 spiro atoms. The van der Waals surface area contributed by atoms with Gasteiger partial charge in [0.05, 0.1) is 11.3 Å². The van der Waals surface area contributed by atoms with Crippen LogP contribution in [-0.2, 0) is 15.8 Å². The molecule has 10 heteroatoms. The Hall–Kier alpha value is -2.36. The first-order chi connectivity index (χ1) is 13.2. The molecule has 0 saturated carbocycles. The van der Waals surface area contributed by atoms with Gasteiger partial charge in [0, 0.05) is 24.6 Å². The van der Waals surface area contributed by atoms with E-state index in [9.17, 15) is 32.3 Å². The van der Waals surface area contributed by atoms with Gasteiger partial charge in [-0.25, -0.2) is 0 Å². The molecule has 2 aliphatic rings. The smallest absolute Gasteiger partial charge is 0.340 e. The first-order valence-electron chi connectivity index (χ1n) is 8.63. The third-order valence-electron chi connectivity index (χ3n) is 4.78. The normalized spacial score (nSPS) is 20.6. The lowest BCUT2D eigenvalue weighted by Gasteiger charge is -2.32. The maximum Gasteiger partial charge on any atom is 0.416 e. The zero-order valence-electron chi connectivity index (χ0n) is 14.7. The Bertz CT molecular complexity index is 794. The summed E-state index contributed by atoms with van der Waals surface area (Å²) < 4.78 is 38.0. The lowest BCUT2D eigenvalue weighted by Crippen LogP contribution is -2.47. The Morgan fingerprint density at radius 2 is 1.82 bits per heavy atom. The van der Waals surface area contributed by atoms with Crippen LogP contribution in [0.15, 0.2) is 24.3 Å². The van der Waals surface area contributed by atoms with Crippen molar-refractivity contribution in [3.63, 3.8) is 0 Å². The van der Waals surface area contributed by atoms with Gasteiger partial charge in [0.15, 0.2) is 5.78 Å². The maximum atomic E-state index is 12.7. The molecule has 28 heavy (non-hydrogen) atoms. The zero-order valence-corrected chi connectivity index (χ0v) is 15.5. The maximum absolute atomic E-state index is 12.7. The van der Waals surface area contributed by atoms with E-state index < -0.39 is 34.7 Å². The van der Waals surface area contributed by atoms with Crippen molar-refractivity contribution in [2.75, 3.05) is 25.4 Å². The fourth-order valence-electron chi connectivity index (χ4n) is 3.25. The number of ketones is 1. The third-order valence-corrected chi connectivity index (χ3v) is 5.63. The number of amides is 3. The number of carbonyl (C=O) groups is 4. The van der Waals surface area contributed by atoms with Crippen LogP contribution in [0, 0.1) is 5.92 Å². The minimum Gasteiger partial charge on any atom is -0.340 e. The lowest BCUT2D eigenvalue weighted by atomic mass is 9.89. The van der Waals surface area contributed by atoms with Crippen molar-refractivity contribution < 1.29 is 32.3 Å². The number of imide groups is 1. The number of Topliss-reactive ketones (excluding diaryl/α,β-unsaturated/α-hetero) is 1. The molecule has 2 fully saturated rings. The molecular formula is C18H17F3N2O4S. The van der Waals surface area contributed by atoms with Crippen LogP contribution in [0.1, 0.15) is 28.8 Å². The second kappa shape index (κ2) is 7.94. The zero-order chi connectivity index (χ0) is 20.5. The number of hydrogen-bond donors (Lipinski definition) is 0. The van der Waals surface area contributed by atoms with Crippen LogP contribution in [0.3, 0.4) is 0 Å². The molecule has 0 N–H and O–H groups in total.